The lowest BCUT2D eigenvalue weighted by Crippen LogP contribution is -2.31. The molecule has 0 bridgehead atoms. The third-order valence-electron chi connectivity index (χ3n) is 2.65. The van der Waals surface area contributed by atoms with Crippen LogP contribution in [0.25, 0.3) is 0 Å². The number of hydrogen-bond donors (Lipinski definition) is 2. The number of aliphatic hydroxyl groups excluding tert-OH is 1. The van der Waals surface area contributed by atoms with Gasteiger partial charge in [0.1, 0.15) is 12.3 Å². The van der Waals surface area contributed by atoms with Crippen molar-refractivity contribution in [2.45, 2.75) is 24.7 Å². The van der Waals surface area contributed by atoms with Gasteiger partial charge in [-0.3, -0.25) is 4.57 Å². The number of halogens is 5. The highest BCUT2D eigenvalue weighted by Gasteiger charge is 2.50. The molecule has 21 heavy (non-hydrogen) atoms. The number of rotatable bonds is 2. The first-order valence-electron chi connectivity index (χ1n) is 5.57. The number of nitrogen functional groups attached to an aromatic ring is 1. The molecule has 1 aromatic rings. The standard InChI is InChI=1S/C9H10F3N3O3.CH2F2/c10-4-2-15(8(17)14-7(4)13)6-1-9(11,12)5(3-16)18-6;2-1-3/h2,5-6,16H,1,3H2,(H2,13,14,17);1H2. The van der Waals surface area contributed by atoms with Gasteiger partial charge in [0.15, 0.2) is 11.6 Å². The van der Waals surface area contributed by atoms with Gasteiger partial charge in [-0.1, -0.05) is 0 Å². The third kappa shape index (κ3) is 3.88. The maximum atomic E-state index is 13.3. The van der Waals surface area contributed by atoms with Gasteiger partial charge in [-0.25, -0.2) is 26.7 Å². The van der Waals surface area contributed by atoms with Crippen LogP contribution in [0, 0.1) is 5.82 Å². The van der Waals surface area contributed by atoms with Crippen molar-refractivity contribution in [2.24, 2.45) is 0 Å². The number of aliphatic hydroxyl groups is 1. The van der Waals surface area contributed by atoms with Crippen molar-refractivity contribution >= 4 is 5.82 Å². The van der Waals surface area contributed by atoms with Crippen molar-refractivity contribution in [3.63, 3.8) is 0 Å². The summed E-state index contributed by atoms with van der Waals surface area (Å²) in [4.78, 5) is 14.5. The Morgan fingerprint density at radius 2 is 2.10 bits per heavy atom. The second-order valence-corrected chi connectivity index (χ2v) is 3.99. The van der Waals surface area contributed by atoms with Crippen LogP contribution < -0.4 is 11.4 Å². The maximum Gasteiger partial charge on any atom is 0.351 e. The molecule has 0 amide bonds. The van der Waals surface area contributed by atoms with E-state index in [0.717, 1.165) is 0 Å². The Balaban J connectivity index is 0.000000677. The van der Waals surface area contributed by atoms with Crippen LogP contribution in [-0.2, 0) is 4.74 Å². The topological polar surface area (TPSA) is 90.4 Å². The zero-order valence-corrected chi connectivity index (χ0v) is 10.5. The monoisotopic (exact) mass is 317 g/mol. The van der Waals surface area contributed by atoms with Gasteiger partial charge in [0.05, 0.1) is 19.2 Å². The molecule has 6 nitrogen and oxygen atoms in total. The molecule has 2 rings (SSSR count). The zero-order valence-electron chi connectivity index (χ0n) is 10.5. The summed E-state index contributed by atoms with van der Waals surface area (Å²) in [5.41, 5.74) is 4.07. The van der Waals surface area contributed by atoms with Crippen LogP contribution in [0.5, 0.6) is 0 Å². The van der Waals surface area contributed by atoms with E-state index in [1.165, 1.54) is 0 Å². The fourth-order valence-corrected chi connectivity index (χ4v) is 1.71. The van der Waals surface area contributed by atoms with Gasteiger partial charge in [-0.2, -0.15) is 4.98 Å². The summed E-state index contributed by atoms with van der Waals surface area (Å²) in [6.45, 7) is -2.65. The van der Waals surface area contributed by atoms with E-state index in [0.29, 0.717) is 10.8 Å². The van der Waals surface area contributed by atoms with Crippen molar-refractivity contribution in [3.8, 4) is 0 Å². The molecule has 0 spiro atoms. The van der Waals surface area contributed by atoms with Crippen LogP contribution in [0.3, 0.4) is 0 Å². The lowest BCUT2D eigenvalue weighted by Gasteiger charge is -2.14. The van der Waals surface area contributed by atoms with Crippen LogP contribution in [0.4, 0.5) is 27.8 Å². The van der Waals surface area contributed by atoms with Gasteiger partial charge in [-0.05, 0) is 0 Å². The van der Waals surface area contributed by atoms with Crippen LogP contribution >= 0.6 is 0 Å². The molecule has 0 saturated carbocycles. The molecule has 11 heteroatoms. The largest absolute Gasteiger partial charge is 0.393 e. The number of ether oxygens (including phenoxy) is 1. The van der Waals surface area contributed by atoms with Crippen LogP contribution in [0.2, 0.25) is 0 Å². The lowest BCUT2D eigenvalue weighted by molar-refractivity contribution is -0.102. The maximum absolute atomic E-state index is 13.3. The molecular formula is C10H12F5N3O3. The highest BCUT2D eigenvalue weighted by molar-refractivity contribution is 5.26. The molecule has 1 aliphatic heterocycles. The van der Waals surface area contributed by atoms with Crippen molar-refractivity contribution in [2.75, 3.05) is 19.3 Å². The molecule has 2 unspecified atom stereocenters. The van der Waals surface area contributed by atoms with E-state index in [2.05, 4.69) is 4.98 Å². The molecule has 1 aromatic heterocycles. The first-order valence-corrected chi connectivity index (χ1v) is 5.57. The van der Waals surface area contributed by atoms with E-state index < -0.39 is 55.5 Å². The Bertz CT molecular complexity index is 539. The van der Waals surface area contributed by atoms with Gasteiger partial charge in [-0.15, -0.1) is 0 Å². The van der Waals surface area contributed by atoms with Crippen molar-refractivity contribution < 1.29 is 31.8 Å². The molecule has 1 saturated heterocycles. The van der Waals surface area contributed by atoms with Crippen molar-refractivity contribution in [1.29, 1.82) is 0 Å². The highest BCUT2D eigenvalue weighted by Crippen LogP contribution is 2.40. The summed E-state index contributed by atoms with van der Waals surface area (Å²) in [6, 6.07) is 0. The summed E-state index contributed by atoms with van der Waals surface area (Å²) < 4.78 is 64.4. The second kappa shape index (κ2) is 6.80. The summed E-state index contributed by atoms with van der Waals surface area (Å²) >= 11 is 0. The Labute approximate surface area is 115 Å². The minimum atomic E-state index is -3.29. The van der Waals surface area contributed by atoms with Crippen LogP contribution in [-0.4, -0.2) is 40.2 Å². The molecule has 0 aromatic carbocycles. The Morgan fingerprint density at radius 3 is 2.57 bits per heavy atom. The van der Waals surface area contributed by atoms with Crippen LogP contribution in [0.15, 0.2) is 11.0 Å². The fourth-order valence-electron chi connectivity index (χ4n) is 1.71. The smallest absolute Gasteiger partial charge is 0.351 e. The summed E-state index contributed by atoms with van der Waals surface area (Å²) in [5.74, 6) is -4.91. The SMILES string of the molecule is FCF.Nc1nc(=O)n(C2CC(F)(F)C(CO)O2)cc1F. The molecule has 2 atom stereocenters. The molecule has 0 aliphatic carbocycles. The Morgan fingerprint density at radius 1 is 1.52 bits per heavy atom. The molecule has 1 aliphatic rings. The zero-order chi connectivity index (χ0) is 16.2. The molecule has 3 N–H and O–H groups in total. The van der Waals surface area contributed by atoms with E-state index in [4.69, 9.17) is 15.6 Å². The average molecular weight is 317 g/mol. The van der Waals surface area contributed by atoms with Gasteiger partial charge in [0, 0.05) is 0 Å². The van der Waals surface area contributed by atoms with Crippen LogP contribution in [0.1, 0.15) is 12.6 Å². The Kier molecular flexibility index (Phi) is 5.61. The number of nitrogens with two attached hydrogens (primary N) is 1. The predicted molar refractivity (Wildman–Crippen MR) is 60.5 cm³/mol. The average Bonchev–Trinajstić information content (AvgIpc) is 2.69. The second-order valence-electron chi connectivity index (χ2n) is 3.99. The number of aromatic nitrogens is 2. The van der Waals surface area contributed by atoms with Crippen molar-refractivity contribution in [3.05, 3.63) is 22.5 Å². The van der Waals surface area contributed by atoms with Crippen molar-refractivity contribution in [1.82, 2.24) is 9.55 Å². The minimum absolute atomic E-state index is 0.593. The van der Waals surface area contributed by atoms with E-state index in [1.807, 2.05) is 0 Å². The first-order chi connectivity index (χ1) is 9.76. The molecule has 0 radical (unpaired) electrons. The van der Waals surface area contributed by atoms with E-state index in [-0.39, 0.29) is 0 Å². The van der Waals surface area contributed by atoms with Gasteiger partial charge in [0.2, 0.25) is 6.93 Å². The molecule has 1 fully saturated rings. The third-order valence-corrected chi connectivity index (χ3v) is 2.65. The fraction of sp³-hybridized carbons (Fsp3) is 0.600. The number of alkyl halides is 4. The van der Waals surface area contributed by atoms with E-state index in [9.17, 15) is 26.7 Å². The quantitative estimate of drug-likeness (QED) is 0.786. The van der Waals surface area contributed by atoms with E-state index >= 15 is 0 Å². The normalized spacial score (nSPS) is 23.5. The first kappa shape index (κ1) is 17.3. The minimum Gasteiger partial charge on any atom is -0.393 e. The number of anilines is 1. The van der Waals surface area contributed by atoms with E-state index in [1.54, 1.807) is 0 Å². The predicted octanol–water partition coefficient (Wildman–Crippen LogP) is 0.763. The summed E-state index contributed by atoms with van der Waals surface area (Å²) in [5, 5.41) is 8.73. The number of nitrogens with zero attached hydrogens (tertiary/aromatic N) is 2. The molecule has 120 valence electrons. The summed E-state index contributed by atoms with van der Waals surface area (Å²) in [7, 11) is 0. The number of hydrogen-bond acceptors (Lipinski definition) is 5. The summed E-state index contributed by atoms with van der Waals surface area (Å²) in [6.07, 6.45) is -3.30. The van der Waals surface area contributed by atoms with Gasteiger partial charge >= 0.3 is 5.69 Å². The lowest BCUT2D eigenvalue weighted by atomic mass is 10.2. The Hall–Kier alpha value is -1.75. The molecular weight excluding hydrogens is 305 g/mol. The van der Waals surface area contributed by atoms with Gasteiger partial charge in [0.25, 0.3) is 5.92 Å². The van der Waals surface area contributed by atoms with Gasteiger partial charge < -0.3 is 15.6 Å². The highest BCUT2D eigenvalue weighted by atomic mass is 19.3. The molecule has 2 heterocycles.